The van der Waals surface area contributed by atoms with Crippen molar-refractivity contribution >= 4 is 38.4 Å². The van der Waals surface area contributed by atoms with E-state index in [2.05, 4.69) is 0 Å². The van der Waals surface area contributed by atoms with Gasteiger partial charge in [-0.3, -0.25) is 0 Å². The van der Waals surface area contributed by atoms with Crippen LogP contribution >= 0.6 is 0 Å². The Morgan fingerprint density at radius 1 is 0.864 bits per heavy atom. The van der Waals surface area contributed by atoms with Crippen LogP contribution in [-0.2, 0) is 0 Å². The maximum absolute atomic E-state index is 10.5. The second kappa shape index (κ2) is 4.07. The zero-order chi connectivity index (χ0) is 21.8. The Morgan fingerprint density at radius 2 is 1.59 bits per heavy atom. The van der Waals surface area contributed by atoms with Crippen LogP contribution in [0.1, 0.15) is 28.2 Å². The van der Waals surface area contributed by atoms with Crippen molar-refractivity contribution in [3.05, 3.63) is 65.5 Å². The highest BCUT2D eigenvalue weighted by Gasteiger charge is 2.25. The number of aliphatic hydroxyl groups excluding tert-OH is 2. The summed E-state index contributed by atoms with van der Waals surface area (Å²) in [5.41, 5.74) is 0.271. The van der Waals surface area contributed by atoms with Crippen LogP contribution in [0, 0.1) is 0 Å². The zero-order valence-electron chi connectivity index (χ0n) is 19.2. The fourth-order valence-electron chi connectivity index (χ4n) is 3.10. The summed E-state index contributed by atoms with van der Waals surface area (Å²) in [7, 11) is 0. The highest BCUT2D eigenvalue weighted by Crippen LogP contribution is 2.41. The first-order valence-corrected chi connectivity index (χ1v) is 6.84. The lowest BCUT2D eigenvalue weighted by atomic mass is 9.84. The Kier molecular flexibility index (Phi) is 1.25. The lowest BCUT2D eigenvalue weighted by Gasteiger charge is -2.24. The Labute approximate surface area is 138 Å². The number of rotatable bonds is 0. The molecule has 0 radical (unpaired) electrons. The van der Waals surface area contributed by atoms with Gasteiger partial charge in [0.05, 0.1) is 11.0 Å². The molecule has 0 heterocycles. The van der Waals surface area contributed by atoms with Crippen molar-refractivity contribution in [2.45, 2.75) is 12.2 Å². The van der Waals surface area contributed by atoms with Crippen molar-refractivity contribution in [3.63, 3.8) is 0 Å². The van der Waals surface area contributed by atoms with E-state index in [0.717, 1.165) is 0 Å². The van der Waals surface area contributed by atoms with Crippen LogP contribution in [0.5, 0.6) is 0 Å². The molecule has 4 aromatic rings. The summed E-state index contributed by atoms with van der Waals surface area (Å²) in [5, 5.41) is 20.9. The van der Waals surface area contributed by atoms with Crippen LogP contribution in [0.25, 0.3) is 38.4 Å². The molecular formula is C20H14O2. The van der Waals surface area contributed by atoms with Gasteiger partial charge in [-0.05, 0) is 49.5 Å². The van der Waals surface area contributed by atoms with Crippen LogP contribution in [0.2, 0.25) is 0 Å². The van der Waals surface area contributed by atoms with Crippen molar-refractivity contribution in [1.82, 2.24) is 0 Å². The van der Waals surface area contributed by atoms with Gasteiger partial charge in [-0.1, -0.05) is 54.4 Å². The van der Waals surface area contributed by atoms with Gasteiger partial charge >= 0.3 is 0 Å². The molecular weight excluding hydrogens is 272 g/mol. The Bertz CT molecular complexity index is 1440. The van der Waals surface area contributed by atoms with Crippen molar-refractivity contribution in [1.29, 1.82) is 0 Å². The third kappa shape index (κ3) is 1.41. The molecule has 0 amide bonds. The van der Waals surface area contributed by atoms with Gasteiger partial charge in [0, 0.05) is 0 Å². The molecule has 22 heavy (non-hydrogen) atoms. The average molecular weight is 294 g/mol. The second-order valence-corrected chi connectivity index (χ2v) is 5.37. The smallest absolute Gasteiger partial charge is 0.109 e. The van der Waals surface area contributed by atoms with E-state index >= 15 is 0 Å². The van der Waals surface area contributed by atoms with E-state index < -0.39 is 42.4 Å². The predicted molar refractivity (Wildman–Crippen MR) is 90.1 cm³/mol. The number of benzene rings is 4. The summed E-state index contributed by atoms with van der Waals surface area (Å²) in [6.07, 6.45) is 0.0189. The van der Waals surface area contributed by atoms with E-state index in [1.54, 1.807) is 0 Å². The summed E-state index contributed by atoms with van der Waals surface area (Å²) in [6.45, 7) is 0. The molecule has 2 nitrogen and oxygen atoms in total. The molecule has 0 spiro atoms. The first kappa shape index (κ1) is 6.78. The Balaban J connectivity index is 2.26. The van der Waals surface area contributed by atoms with Crippen molar-refractivity contribution in [3.8, 4) is 0 Å². The van der Waals surface area contributed by atoms with Gasteiger partial charge in [0.1, 0.15) is 12.2 Å². The lowest BCUT2D eigenvalue weighted by molar-refractivity contribution is 0.0472. The standard InChI is InChI=1S/C20H14O2/c21-17-9-8-14-15-7-6-12-3-1-2-11-4-5-13(19(15)18(11)12)10-16(14)20(17)22/h1-10,17,20-22H/t17-,20-/m1/s1/i1D,2D,3D,4D,5D,6D,7D,10D. The van der Waals surface area contributed by atoms with Gasteiger partial charge in [0.2, 0.25) is 0 Å². The first-order chi connectivity index (χ1) is 14.1. The van der Waals surface area contributed by atoms with E-state index in [9.17, 15) is 10.2 Å². The molecule has 4 aromatic carbocycles. The predicted octanol–water partition coefficient (Wildman–Crippen LogP) is 4.01. The largest absolute Gasteiger partial charge is 0.386 e. The van der Waals surface area contributed by atoms with Crippen LogP contribution in [0.15, 0.2) is 54.4 Å². The maximum Gasteiger partial charge on any atom is 0.109 e. The Morgan fingerprint density at radius 3 is 2.41 bits per heavy atom. The fourth-order valence-corrected chi connectivity index (χ4v) is 3.10. The molecule has 1 aliphatic carbocycles. The molecule has 2 heteroatoms. The first-order valence-electron chi connectivity index (χ1n) is 10.8. The van der Waals surface area contributed by atoms with Gasteiger partial charge in [-0.25, -0.2) is 0 Å². The maximum atomic E-state index is 10.5. The monoisotopic (exact) mass is 294 g/mol. The molecule has 106 valence electrons. The fraction of sp³-hybridized carbons (Fsp3) is 0.100. The van der Waals surface area contributed by atoms with E-state index in [-0.39, 0.29) is 61.6 Å². The molecule has 0 aliphatic heterocycles. The molecule has 0 saturated carbocycles. The van der Waals surface area contributed by atoms with E-state index in [1.165, 1.54) is 12.2 Å². The van der Waals surface area contributed by atoms with Gasteiger partial charge < -0.3 is 10.2 Å². The van der Waals surface area contributed by atoms with E-state index in [4.69, 9.17) is 11.0 Å². The molecule has 1 aliphatic rings. The molecule has 0 fully saturated rings. The normalized spacial score (nSPS) is 26.1. The van der Waals surface area contributed by atoms with Gasteiger partial charge in [-0.2, -0.15) is 0 Å². The van der Waals surface area contributed by atoms with Crippen LogP contribution < -0.4 is 0 Å². The molecule has 2 atom stereocenters. The van der Waals surface area contributed by atoms with Crippen molar-refractivity contribution in [2.24, 2.45) is 0 Å². The minimum absolute atomic E-state index is 0.00931. The molecule has 2 N–H and O–H groups in total. The molecule has 0 aromatic heterocycles. The minimum atomic E-state index is -1.47. The highest BCUT2D eigenvalue weighted by atomic mass is 16.3. The van der Waals surface area contributed by atoms with Gasteiger partial charge in [0.15, 0.2) is 0 Å². The topological polar surface area (TPSA) is 40.5 Å². The van der Waals surface area contributed by atoms with Crippen molar-refractivity contribution in [2.75, 3.05) is 0 Å². The summed E-state index contributed by atoms with van der Waals surface area (Å²) >= 11 is 0. The number of fused-ring (bicyclic) bond motifs is 2. The summed E-state index contributed by atoms with van der Waals surface area (Å²) < 4.78 is 67.3. The average Bonchev–Trinajstić information content (AvgIpc) is 2.70. The third-order valence-electron chi connectivity index (χ3n) is 4.15. The third-order valence-corrected chi connectivity index (χ3v) is 4.15. The van der Waals surface area contributed by atoms with Crippen molar-refractivity contribution < 1.29 is 21.2 Å². The van der Waals surface area contributed by atoms with Gasteiger partial charge in [-0.15, -0.1) is 0 Å². The summed E-state index contributed by atoms with van der Waals surface area (Å²) in [6, 6.07) is -3.09. The lowest BCUT2D eigenvalue weighted by Crippen LogP contribution is -2.19. The number of hydrogen-bond donors (Lipinski definition) is 2. The molecule has 0 bridgehead atoms. The summed E-state index contributed by atoms with van der Waals surface area (Å²) in [4.78, 5) is 0. The van der Waals surface area contributed by atoms with Crippen LogP contribution in [0.3, 0.4) is 0 Å². The summed E-state index contributed by atoms with van der Waals surface area (Å²) in [5.74, 6) is 0. The Hall–Kier alpha value is -2.42. The number of aliphatic hydroxyl groups is 2. The van der Waals surface area contributed by atoms with E-state index in [1.807, 2.05) is 0 Å². The van der Waals surface area contributed by atoms with Gasteiger partial charge in [0.25, 0.3) is 0 Å². The number of hydrogen-bond acceptors (Lipinski definition) is 2. The molecule has 0 saturated heterocycles. The van der Waals surface area contributed by atoms with Crippen LogP contribution in [-0.4, -0.2) is 16.3 Å². The SMILES string of the molecule is [2H]c1c([2H])c2c([2H])c([2H])c3c([2H])c4c(c5c([2H])c([2H])c(c1[2H])c2c35)C=C[C@@H](O)[C@@H]4O. The van der Waals surface area contributed by atoms with Crippen LogP contribution in [0.4, 0.5) is 0 Å². The quantitative estimate of drug-likeness (QED) is 0.481. The zero-order valence-corrected chi connectivity index (χ0v) is 11.2. The molecule has 0 unspecified atom stereocenters. The highest BCUT2D eigenvalue weighted by molar-refractivity contribution is 6.24. The second-order valence-electron chi connectivity index (χ2n) is 5.37. The minimum Gasteiger partial charge on any atom is -0.386 e. The molecule has 5 rings (SSSR count). The van der Waals surface area contributed by atoms with E-state index in [0.29, 0.717) is 0 Å².